The topological polar surface area (TPSA) is 77.0 Å². The van der Waals surface area contributed by atoms with Crippen LogP contribution >= 0.6 is 24.0 Å². The molecular weight excluding hydrogens is 445 g/mol. The molecule has 0 aromatic rings. The molecule has 26 heavy (non-hydrogen) atoms. The molecule has 1 atom stereocenters. The van der Waals surface area contributed by atoms with E-state index in [-0.39, 0.29) is 47.8 Å². The quantitative estimate of drug-likeness (QED) is 0.364. The third-order valence-corrected chi connectivity index (χ3v) is 5.71. The highest BCUT2D eigenvalue weighted by molar-refractivity contribution is 14.0. The Kier molecular flexibility index (Phi) is 7.54. The maximum Gasteiger partial charge on any atom is 0.243 e. The Morgan fingerprint density at radius 3 is 2.69 bits per heavy atom. The second-order valence-electron chi connectivity index (χ2n) is 8.03. The predicted molar refractivity (Wildman–Crippen MR) is 113 cm³/mol. The summed E-state index contributed by atoms with van der Waals surface area (Å²) in [6, 6.07) is 0.453. The zero-order valence-electron chi connectivity index (χ0n) is 15.9. The van der Waals surface area contributed by atoms with E-state index in [0.717, 1.165) is 38.4 Å². The number of carbonyl (C=O) groups excluding carboxylic acids is 2. The monoisotopic (exact) mass is 477 g/mol. The largest absolute Gasteiger partial charge is 0.355 e. The minimum absolute atomic E-state index is 0. The summed E-state index contributed by atoms with van der Waals surface area (Å²) in [5.41, 5.74) is 0.0268. The highest BCUT2D eigenvalue weighted by atomic mass is 127. The Hall–Kier alpha value is -1.06. The van der Waals surface area contributed by atoms with Crippen molar-refractivity contribution in [2.45, 2.75) is 51.0 Å². The summed E-state index contributed by atoms with van der Waals surface area (Å²) in [4.78, 5) is 32.2. The summed E-state index contributed by atoms with van der Waals surface area (Å²) < 4.78 is 0. The van der Waals surface area contributed by atoms with Gasteiger partial charge in [-0.2, -0.15) is 0 Å². The highest BCUT2D eigenvalue weighted by Crippen LogP contribution is 2.36. The molecule has 7 nitrogen and oxygen atoms in total. The molecule has 0 bridgehead atoms. The number of likely N-dealkylation sites (N-methyl/N-ethyl adjacent to an activating group) is 1. The molecule has 8 heteroatoms. The van der Waals surface area contributed by atoms with Crippen molar-refractivity contribution in [1.82, 2.24) is 20.4 Å². The number of aliphatic imine (C=N–C) groups is 1. The third kappa shape index (κ3) is 5.23. The van der Waals surface area contributed by atoms with Crippen molar-refractivity contribution in [2.24, 2.45) is 10.4 Å². The smallest absolute Gasteiger partial charge is 0.243 e. The van der Waals surface area contributed by atoms with Crippen molar-refractivity contribution in [3.8, 4) is 0 Å². The number of carbonyl (C=O) groups is 2. The molecule has 2 saturated heterocycles. The van der Waals surface area contributed by atoms with Gasteiger partial charge in [0.15, 0.2) is 5.96 Å². The molecule has 2 N–H and O–H groups in total. The molecule has 2 heterocycles. The second-order valence-corrected chi connectivity index (χ2v) is 8.03. The van der Waals surface area contributed by atoms with Crippen LogP contribution in [0.1, 0.15) is 44.9 Å². The van der Waals surface area contributed by atoms with Crippen LogP contribution in [0.15, 0.2) is 4.99 Å². The van der Waals surface area contributed by atoms with Crippen molar-refractivity contribution in [2.75, 3.05) is 40.3 Å². The van der Waals surface area contributed by atoms with Gasteiger partial charge in [0.1, 0.15) is 6.54 Å². The van der Waals surface area contributed by atoms with Crippen molar-refractivity contribution in [3.63, 3.8) is 0 Å². The molecule has 1 saturated carbocycles. The first-order valence-corrected chi connectivity index (χ1v) is 9.50. The van der Waals surface area contributed by atoms with Crippen LogP contribution in [-0.2, 0) is 9.59 Å². The molecule has 0 aromatic heterocycles. The van der Waals surface area contributed by atoms with E-state index in [4.69, 9.17) is 0 Å². The van der Waals surface area contributed by atoms with Crippen LogP contribution in [0.4, 0.5) is 0 Å². The number of guanidine groups is 1. The van der Waals surface area contributed by atoms with E-state index < -0.39 is 0 Å². The first kappa shape index (κ1) is 21.2. The summed E-state index contributed by atoms with van der Waals surface area (Å²) >= 11 is 0. The Bertz CT molecular complexity index is 548. The number of piperidine rings is 1. The van der Waals surface area contributed by atoms with E-state index in [1.807, 2.05) is 0 Å². The van der Waals surface area contributed by atoms with Crippen LogP contribution in [0.2, 0.25) is 0 Å². The number of amides is 2. The fourth-order valence-electron chi connectivity index (χ4n) is 4.20. The van der Waals surface area contributed by atoms with Gasteiger partial charge >= 0.3 is 0 Å². The Morgan fingerprint density at radius 2 is 2.08 bits per heavy atom. The van der Waals surface area contributed by atoms with Crippen LogP contribution < -0.4 is 10.6 Å². The predicted octanol–water partition coefficient (Wildman–Crippen LogP) is 1.18. The molecular formula is C18H32IN5O2. The SMILES string of the molecule is CN(C)C(=O)CN=C(NC1CCCC1)N1CCCC2(CNC(=O)C2)C1.I. The summed E-state index contributed by atoms with van der Waals surface area (Å²) in [5, 5.41) is 6.59. The van der Waals surface area contributed by atoms with Crippen LogP contribution in [-0.4, -0.2) is 73.9 Å². The molecule has 0 aromatic carbocycles. The van der Waals surface area contributed by atoms with Gasteiger partial charge in [-0.05, 0) is 25.7 Å². The lowest BCUT2D eigenvalue weighted by Gasteiger charge is -2.41. The van der Waals surface area contributed by atoms with Crippen LogP contribution in [0.3, 0.4) is 0 Å². The molecule has 3 fully saturated rings. The van der Waals surface area contributed by atoms with Crippen LogP contribution in [0, 0.1) is 5.41 Å². The van der Waals surface area contributed by atoms with Gasteiger partial charge in [-0.15, -0.1) is 24.0 Å². The molecule has 2 amide bonds. The van der Waals surface area contributed by atoms with Crippen molar-refractivity contribution < 1.29 is 9.59 Å². The summed E-state index contributed by atoms with van der Waals surface area (Å²) in [6.45, 7) is 2.70. The molecule has 1 spiro atoms. The Labute approximate surface area is 173 Å². The van der Waals surface area contributed by atoms with Gasteiger partial charge in [-0.3, -0.25) is 9.59 Å². The minimum Gasteiger partial charge on any atom is -0.355 e. The molecule has 2 aliphatic heterocycles. The first-order chi connectivity index (χ1) is 12.0. The van der Waals surface area contributed by atoms with Crippen LogP contribution in [0.5, 0.6) is 0 Å². The number of nitrogens with one attached hydrogen (secondary N) is 2. The zero-order chi connectivity index (χ0) is 17.9. The minimum atomic E-state index is 0. The molecule has 3 aliphatic rings. The Morgan fingerprint density at radius 1 is 1.35 bits per heavy atom. The number of likely N-dealkylation sites (tertiary alicyclic amines) is 1. The number of halogens is 1. The van der Waals surface area contributed by atoms with Crippen molar-refractivity contribution >= 4 is 41.8 Å². The van der Waals surface area contributed by atoms with Crippen molar-refractivity contribution in [1.29, 1.82) is 0 Å². The van der Waals surface area contributed by atoms with E-state index in [1.165, 1.54) is 25.7 Å². The number of nitrogens with zero attached hydrogens (tertiary/aromatic N) is 3. The average Bonchev–Trinajstić information content (AvgIpc) is 3.21. The lowest BCUT2D eigenvalue weighted by Crippen LogP contribution is -2.53. The Balaban J connectivity index is 0.00000243. The lowest BCUT2D eigenvalue weighted by molar-refractivity contribution is -0.127. The molecule has 0 radical (unpaired) electrons. The summed E-state index contributed by atoms with van der Waals surface area (Å²) in [5.74, 6) is 1.02. The van der Waals surface area contributed by atoms with Gasteiger partial charge in [0.2, 0.25) is 11.8 Å². The number of hydrogen-bond donors (Lipinski definition) is 2. The van der Waals surface area contributed by atoms with E-state index >= 15 is 0 Å². The highest BCUT2D eigenvalue weighted by Gasteiger charge is 2.42. The van der Waals surface area contributed by atoms with E-state index in [1.54, 1.807) is 19.0 Å². The molecule has 148 valence electrons. The van der Waals surface area contributed by atoms with E-state index in [2.05, 4.69) is 20.5 Å². The average molecular weight is 477 g/mol. The zero-order valence-corrected chi connectivity index (χ0v) is 18.3. The van der Waals surface area contributed by atoms with Gasteiger partial charge < -0.3 is 20.4 Å². The van der Waals surface area contributed by atoms with Gasteiger partial charge in [0.25, 0.3) is 0 Å². The van der Waals surface area contributed by atoms with Gasteiger partial charge in [-0.25, -0.2) is 4.99 Å². The van der Waals surface area contributed by atoms with E-state index in [9.17, 15) is 9.59 Å². The molecule has 1 aliphatic carbocycles. The number of rotatable bonds is 3. The van der Waals surface area contributed by atoms with Gasteiger partial charge in [0, 0.05) is 51.6 Å². The number of hydrogen-bond acceptors (Lipinski definition) is 3. The van der Waals surface area contributed by atoms with Gasteiger partial charge in [0.05, 0.1) is 0 Å². The summed E-state index contributed by atoms with van der Waals surface area (Å²) in [7, 11) is 3.52. The molecule has 1 unspecified atom stereocenters. The standard InChI is InChI=1S/C18H31N5O2.HI/c1-22(2)16(25)11-19-17(21-14-6-3-4-7-14)23-9-5-8-18(13-23)10-15(24)20-12-18;/h14H,3-13H2,1-2H3,(H,19,21)(H,20,24);1H. The second kappa shape index (κ2) is 9.23. The van der Waals surface area contributed by atoms with Crippen molar-refractivity contribution in [3.05, 3.63) is 0 Å². The fourth-order valence-corrected chi connectivity index (χ4v) is 4.20. The lowest BCUT2D eigenvalue weighted by atomic mass is 9.79. The van der Waals surface area contributed by atoms with Crippen LogP contribution in [0.25, 0.3) is 0 Å². The summed E-state index contributed by atoms with van der Waals surface area (Å²) in [6.07, 6.45) is 7.58. The maximum atomic E-state index is 12.0. The first-order valence-electron chi connectivity index (χ1n) is 9.50. The van der Waals surface area contributed by atoms with E-state index in [0.29, 0.717) is 12.5 Å². The van der Waals surface area contributed by atoms with Gasteiger partial charge in [-0.1, -0.05) is 12.8 Å². The molecule has 3 rings (SSSR count). The third-order valence-electron chi connectivity index (χ3n) is 5.71. The normalized spacial score (nSPS) is 26.6. The maximum absolute atomic E-state index is 12.0. The fraction of sp³-hybridized carbons (Fsp3) is 0.833.